The number of rotatable bonds is 9. The van der Waals surface area contributed by atoms with Crippen LogP contribution in [0.4, 0.5) is 0 Å². The first-order chi connectivity index (χ1) is 10.8. The van der Waals surface area contributed by atoms with Crippen molar-refractivity contribution in [1.82, 2.24) is 4.31 Å². The average molecular weight is 345 g/mol. The molecule has 0 N–H and O–H groups in total. The van der Waals surface area contributed by atoms with Gasteiger partial charge in [0.1, 0.15) is 20.1 Å². The predicted molar refractivity (Wildman–Crippen MR) is 83.9 cm³/mol. The van der Waals surface area contributed by atoms with Gasteiger partial charge in [0.15, 0.2) is 0 Å². The molecule has 0 aliphatic heterocycles. The maximum Gasteiger partial charge on any atom is 0.308 e. The highest BCUT2D eigenvalue weighted by Crippen LogP contribution is 2.17. The fourth-order valence-corrected chi connectivity index (χ4v) is 2.96. The quantitative estimate of drug-likeness (QED) is 0.499. The van der Waals surface area contributed by atoms with E-state index in [2.05, 4.69) is 0 Å². The van der Waals surface area contributed by atoms with Gasteiger partial charge in [-0.25, -0.2) is 8.42 Å². The van der Waals surface area contributed by atoms with Gasteiger partial charge in [0.25, 0.3) is 0 Å². The van der Waals surface area contributed by atoms with Crippen LogP contribution in [0.25, 0.3) is 0 Å². The second-order valence-corrected chi connectivity index (χ2v) is 7.14. The number of sulfonamides is 1. The monoisotopic (exact) mass is 345 g/mol. The largest absolute Gasteiger partial charge is 0.461 e. The molecule has 1 aromatic rings. The van der Waals surface area contributed by atoms with E-state index in [1.165, 1.54) is 26.4 Å². The minimum atomic E-state index is -3.71. The molecule has 0 bridgehead atoms. The Morgan fingerprint density at radius 2 is 1.61 bits per heavy atom. The molecule has 0 fully saturated rings. The van der Waals surface area contributed by atoms with E-state index in [0.29, 0.717) is 5.56 Å². The molecule has 7 nitrogen and oxygen atoms in total. The Labute approximate surface area is 137 Å². The van der Waals surface area contributed by atoms with Gasteiger partial charge in [-0.1, -0.05) is 26.0 Å². The summed E-state index contributed by atoms with van der Waals surface area (Å²) in [5.41, 5.74) is 0.711. The molecule has 23 heavy (non-hydrogen) atoms. The van der Waals surface area contributed by atoms with Crippen molar-refractivity contribution in [3.8, 4) is 0 Å². The van der Waals surface area contributed by atoms with Crippen LogP contribution in [0.5, 0.6) is 0 Å². The van der Waals surface area contributed by atoms with E-state index in [0.717, 1.165) is 4.31 Å². The summed E-state index contributed by atoms with van der Waals surface area (Å²) in [4.78, 5) is 11.5. The molecule has 0 saturated heterocycles. The zero-order chi connectivity index (χ0) is 17.5. The minimum absolute atomic E-state index is 0.107. The Bertz CT molecular complexity index is 591. The number of hydrogen-bond acceptors (Lipinski definition) is 6. The summed E-state index contributed by atoms with van der Waals surface area (Å²) < 4.78 is 40.9. The van der Waals surface area contributed by atoms with Gasteiger partial charge in [0.05, 0.1) is 10.8 Å². The van der Waals surface area contributed by atoms with Gasteiger partial charge in [0.2, 0.25) is 10.0 Å². The van der Waals surface area contributed by atoms with Gasteiger partial charge in [-0.2, -0.15) is 0 Å². The van der Waals surface area contributed by atoms with E-state index in [1.54, 1.807) is 26.0 Å². The molecule has 1 aromatic carbocycles. The minimum Gasteiger partial charge on any atom is -0.461 e. The van der Waals surface area contributed by atoms with Gasteiger partial charge in [-0.05, 0) is 17.7 Å². The smallest absolute Gasteiger partial charge is 0.308 e. The molecule has 1 rings (SSSR count). The molecule has 0 saturated carbocycles. The average Bonchev–Trinajstić information content (AvgIpc) is 2.52. The number of ether oxygens (including phenoxy) is 3. The lowest BCUT2D eigenvalue weighted by molar-refractivity contribution is -0.148. The summed E-state index contributed by atoms with van der Waals surface area (Å²) in [5.74, 6) is -0.501. The zero-order valence-corrected chi connectivity index (χ0v) is 14.6. The topological polar surface area (TPSA) is 82.1 Å². The van der Waals surface area contributed by atoms with Crippen LogP contribution in [0.15, 0.2) is 29.2 Å². The third kappa shape index (κ3) is 5.58. The SMILES string of the molecule is COCN(COC)S(=O)(=O)c1ccc(COC(=O)C(C)C)cc1. The molecular weight excluding hydrogens is 322 g/mol. The van der Waals surface area contributed by atoms with Crippen molar-refractivity contribution in [2.75, 3.05) is 27.7 Å². The van der Waals surface area contributed by atoms with Crippen molar-refractivity contribution < 1.29 is 27.4 Å². The number of benzene rings is 1. The molecule has 0 unspecified atom stereocenters. The maximum absolute atomic E-state index is 12.5. The van der Waals surface area contributed by atoms with Crippen molar-refractivity contribution in [1.29, 1.82) is 0 Å². The number of hydrogen-bond donors (Lipinski definition) is 0. The van der Waals surface area contributed by atoms with E-state index in [9.17, 15) is 13.2 Å². The van der Waals surface area contributed by atoms with Crippen molar-refractivity contribution in [3.63, 3.8) is 0 Å². The Morgan fingerprint density at radius 3 is 2.04 bits per heavy atom. The fourth-order valence-electron chi connectivity index (χ4n) is 1.69. The summed E-state index contributed by atoms with van der Waals surface area (Å²) in [6, 6.07) is 6.15. The predicted octanol–water partition coefficient (Wildman–Crippen LogP) is 1.58. The second kappa shape index (κ2) is 8.97. The van der Waals surface area contributed by atoms with Gasteiger partial charge >= 0.3 is 5.97 Å². The maximum atomic E-state index is 12.5. The molecule has 0 atom stereocenters. The van der Waals surface area contributed by atoms with Crippen LogP contribution < -0.4 is 0 Å². The van der Waals surface area contributed by atoms with Crippen LogP contribution in [0.3, 0.4) is 0 Å². The first-order valence-electron chi connectivity index (χ1n) is 7.06. The lowest BCUT2D eigenvalue weighted by Crippen LogP contribution is -2.34. The second-order valence-electron chi connectivity index (χ2n) is 5.20. The molecule has 8 heteroatoms. The number of carbonyl (C=O) groups is 1. The van der Waals surface area contributed by atoms with Gasteiger partial charge in [-0.3, -0.25) is 4.79 Å². The summed E-state index contributed by atoms with van der Waals surface area (Å²) in [5, 5.41) is 0. The number of esters is 1. The van der Waals surface area contributed by atoms with Crippen molar-refractivity contribution in [2.24, 2.45) is 5.92 Å². The van der Waals surface area contributed by atoms with Crippen LogP contribution in [-0.4, -0.2) is 46.4 Å². The van der Waals surface area contributed by atoms with E-state index in [-0.39, 0.29) is 36.9 Å². The third-order valence-corrected chi connectivity index (χ3v) is 4.72. The molecular formula is C15H23NO6S. The summed E-state index contributed by atoms with van der Waals surface area (Å²) in [6.07, 6.45) is 0. The number of nitrogens with zero attached hydrogens (tertiary/aromatic N) is 1. The van der Waals surface area contributed by atoms with E-state index >= 15 is 0 Å². The highest BCUT2D eigenvalue weighted by atomic mass is 32.2. The third-order valence-electron chi connectivity index (χ3n) is 2.96. The summed E-state index contributed by atoms with van der Waals surface area (Å²) >= 11 is 0. The lowest BCUT2D eigenvalue weighted by Gasteiger charge is -2.20. The van der Waals surface area contributed by atoms with Crippen molar-refractivity contribution >= 4 is 16.0 Å². The Kier molecular flexibility index (Phi) is 7.63. The first-order valence-corrected chi connectivity index (χ1v) is 8.50. The highest BCUT2D eigenvalue weighted by molar-refractivity contribution is 7.89. The molecule has 0 heterocycles. The normalized spacial score (nSPS) is 11.9. The van der Waals surface area contributed by atoms with Crippen LogP contribution >= 0.6 is 0 Å². The molecule has 0 amide bonds. The Hall–Kier alpha value is -1.48. The van der Waals surface area contributed by atoms with Crippen LogP contribution in [0.1, 0.15) is 19.4 Å². The highest BCUT2D eigenvalue weighted by Gasteiger charge is 2.24. The van der Waals surface area contributed by atoms with Crippen LogP contribution in [0.2, 0.25) is 0 Å². The van der Waals surface area contributed by atoms with Crippen LogP contribution in [0, 0.1) is 5.92 Å². The van der Waals surface area contributed by atoms with E-state index in [1.807, 2.05) is 0 Å². The summed E-state index contributed by atoms with van der Waals surface area (Å²) in [6.45, 7) is 3.39. The zero-order valence-electron chi connectivity index (χ0n) is 13.8. The molecule has 0 aliphatic rings. The number of methoxy groups -OCH3 is 2. The summed E-state index contributed by atoms with van der Waals surface area (Å²) in [7, 11) is -0.897. The molecule has 0 spiro atoms. The molecule has 0 aliphatic carbocycles. The molecule has 0 radical (unpaired) electrons. The van der Waals surface area contributed by atoms with Gasteiger partial charge in [0, 0.05) is 14.2 Å². The standard InChI is InChI=1S/C15H23NO6S/c1-12(2)15(17)22-9-13-5-7-14(8-6-13)23(18,19)16(10-20-3)11-21-4/h5-8,12H,9-11H2,1-4H3. The van der Waals surface area contributed by atoms with Crippen molar-refractivity contribution in [2.45, 2.75) is 25.3 Å². The van der Waals surface area contributed by atoms with E-state index < -0.39 is 10.0 Å². The Morgan fingerprint density at radius 1 is 1.09 bits per heavy atom. The lowest BCUT2D eigenvalue weighted by atomic mass is 10.2. The number of carbonyl (C=O) groups excluding carboxylic acids is 1. The van der Waals surface area contributed by atoms with Crippen molar-refractivity contribution in [3.05, 3.63) is 29.8 Å². The van der Waals surface area contributed by atoms with E-state index in [4.69, 9.17) is 14.2 Å². The van der Waals surface area contributed by atoms with Gasteiger partial charge < -0.3 is 14.2 Å². The molecule has 0 aromatic heterocycles. The first kappa shape index (κ1) is 19.6. The Balaban J connectivity index is 2.83. The van der Waals surface area contributed by atoms with Gasteiger partial charge in [-0.15, -0.1) is 4.31 Å². The fraction of sp³-hybridized carbons (Fsp3) is 0.533. The molecule has 130 valence electrons. The van der Waals surface area contributed by atoms with Crippen LogP contribution in [-0.2, 0) is 35.6 Å².